The first kappa shape index (κ1) is 19.2. The highest BCUT2D eigenvalue weighted by Gasteiger charge is 2.30. The molecule has 0 saturated heterocycles. The number of hydrogen-bond acceptors (Lipinski definition) is 5. The Morgan fingerprint density at radius 2 is 2.08 bits per heavy atom. The zero-order valence-corrected chi connectivity index (χ0v) is 14.6. The highest BCUT2D eigenvalue weighted by Crippen LogP contribution is 2.31. The third-order valence-electron chi connectivity index (χ3n) is 3.32. The minimum atomic E-state index is -4.40. The van der Waals surface area contributed by atoms with Gasteiger partial charge in [0.05, 0.1) is 5.56 Å². The first-order valence-corrected chi connectivity index (χ1v) is 8.50. The molecule has 25 heavy (non-hydrogen) atoms. The van der Waals surface area contributed by atoms with Crippen LogP contribution in [-0.4, -0.2) is 32.2 Å². The highest BCUT2D eigenvalue weighted by molar-refractivity contribution is 7.99. The molecule has 0 saturated carbocycles. The Labute approximate surface area is 147 Å². The second-order valence-electron chi connectivity index (χ2n) is 5.21. The van der Waals surface area contributed by atoms with Gasteiger partial charge < -0.3 is 9.88 Å². The lowest BCUT2D eigenvalue weighted by Gasteiger charge is -2.08. The Balaban J connectivity index is 2.03. The molecule has 0 atom stereocenters. The number of pyridine rings is 1. The van der Waals surface area contributed by atoms with Crippen molar-refractivity contribution >= 4 is 17.7 Å². The number of amides is 1. The fraction of sp³-hybridized carbons (Fsp3) is 0.467. The molecule has 0 aliphatic heterocycles. The number of halogens is 3. The number of carbonyl (C=O) groups excluding carboxylic acids is 1. The van der Waals surface area contributed by atoms with Crippen molar-refractivity contribution in [2.24, 2.45) is 0 Å². The van der Waals surface area contributed by atoms with Gasteiger partial charge in [0.25, 0.3) is 0 Å². The number of nitrogens with zero attached hydrogens (tertiary/aromatic N) is 4. The third-order valence-corrected chi connectivity index (χ3v) is 4.26. The van der Waals surface area contributed by atoms with Crippen molar-refractivity contribution in [3.05, 3.63) is 29.7 Å². The van der Waals surface area contributed by atoms with Crippen molar-refractivity contribution < 1.29 is 18.0 Å². The van der Waals surface area contributed by atoms with E-state index in [1.165, 1.54) is 13.0 Å². The van der Waals surface area contributed by atoms with Gasteiger partial charge in [-0.3, -0.25) is 4.79 Å². The van der Waals surface area contributed by atoms with E-state index in [-0.39, 0.29) is 5.91 Å². The predicted octanol–water partition coefficient (Wildman–Crippen LogP) is 2.93. The van der Waals surface area contributed by atoms with Gasteiger partial charge in [0.15, 0.2) is 5.16 Å². The van der Waals surface area contributed by atoms with Crippen LogP contribution in [0.3, 0.4) is 0 Å². The maximum absolute atomic E-state index is 12.6. The molecule has 2 rings (SSSR count). The van der Waals surface area contributed by atoms with E-state index in [2.05, 4.69) is 20.5 Å². The number of rotatable bonds is 7. The number of alkyl halides is 3. The van der Waals surface area contributed by atoms with Crippen LogP contribution in [0.2, 0.25) is 0 Å². The summed E-state index contributed by atoms with van der Waals surface area (Å²) in [5.41, 5.74) is -0.785. The lowest BCUT2D eigenvalue weighted by atomic mass is 10.3. The molecule has 136 valence electrons. The molecule has 0 aliphatic rings. The van der Waals surface area contributed by atoms with Gasteiger partial charge in [-0.1, -0.05) is 0 Å². The summed E-state index contributed by atoms with van der Waals surface area (Å²) in [7, 11) is 0. The van der Waals surface area contributed by atoms with Crippen LogP contribution in [0.4, 0.5) is 13.2 Å². The van der Waals surface area contributed by atoms with E-state index in [9.17, 15) is 18.0 Å². The van der Waals surface area contributed by atoms with Gasteiger partial charge in [-0.05, 0) is 37.2 Å². The molecule has 0 radical (unpaired) electrons. The van der Waals surface area contributed by atoms with E-state index in [0.29, 0.717) is 29.7 Å². The summed E-state index contributed by atoms with van der Waals surface area (Å²) in [5, 5.41) is 11.9. The summed E-state index contributed by atoms with van der Waals surface area (Å²) in [6, 6.07) is 2.31. The highest BCUT2D eigenvalue weighted by atomic mass is 32.2. The van der Waals surface area contributed by atoms with Crippen LogP contribution >= 0.6 is 11.8 Å². The lowest BCUT2D eigenvalue weighted by Crippen LogP contribution is -2.21. The normalized spacial score (nSPS) is 11.6. The molecule has 0 spiro atoms. The standard InChI is InChI=1S/C15H18F3N5OS/c1-3-23-12(5-4-8-19-10(2)24)21-22-14(23)25-13-7-6-11(9-20-13)15(16,17)18/h6-7,9H,3-5,8H2,1-2H3,(H,19,24). The Bertz CT molecular complexity index is 715. The summed E-state index contributed by atoms with van der Waals surface area (Å²) in [6.07, 6.45) is -2.23. The van der Waals surface area contributed by atoms with Crippen molar-refractivity contribution in [3.63, 3.8) is 0 Å². The third kappa shape index (κ3) is 5.45. The number of aryl methyl sites for hydroxylation is 1. The van der Waals surface area contributed by atoms with Gasteiger partial charge in [-0.2, -0.15) is 13.2 Å². The molecule has 0 aliphatic carbocycles. The smallest absolute Gasteiger partial charge is 0.356 e. The van der Waals surface area contributed by atoms with Gasteiger partial charge in [-0.15, -0.1) is 10.2 Å². The molecule has 0 fully saturated rings. The topological polar surface area (TPSA) is 72.7 Å². The Kier molecular flexibility index (Phi) is 6.40. The SMILES string of the molecule is CCn1c(CCCNC(C)=O)nnc1Sc1ccc(C(F)(F)F)cn1. The molecule has 1 amide bonds. The number of nitrogens with one attached hydrogen (secondary N) is 1. The van der Waals surface area contributed by atoms with E-state index < -0.39 is 11.7 Å². The first-order valence-electron chi connectivity index (χ1n) is 7.69. The van der Waals surface area contributed by atoms with Crippen LogP contribution in [0.25, 0.3) is 0 Å². The molecule has 0 bridgehead atoms. The van der Waals surface area contributed by atoms with Gasteiger partial charge in [0.2, 0.25) is 5.91 Å². The van der Waals surface area contributed by atoms with Crippen molar-refractivity contribution in [3.8, 4) is 0 Å². The molecule has 6 nitrogen and oxygen atoms in total. The van der Waals surface area contributed by atoms with Gasteiger partial charge in [0, 0.05) is 32.6 Å². The number of aromatic nitrogens is 4. The second kappa shape index (κ2) is 8.32. The van der Waals surface area contributed by atoms with Crippen LogP contribution in [0.5, 0.6) is 0 Å². The fourth-order valence-electron chi connectivity index (χ4n) is 2.11. The molecule has 2 heterocycles. The number of carbonyl (C=O) groups is 1. The predicted molar refractivity (Wildman–Crippen MR) is 86.1 cm³/mol. The van der Waals surface area contributed by atoms with Crippen LogP contribution in [0.1, 0.15) is 31.7 Å². The Morgan fingerprint density at radius 3 is 2.64 bits per heavy atom. The largest absolute Gasteiger partial charge is 0.417 e. The molecule has 10 heteroatoms. The summed E-state index contributed by atoms with van der Waals surface area (Å²) in [4.78, 5) is 14.7. The zero-order valence-electron chi connectivity index (χ0n) is 13.8. The van der Waals surface area contributed by atoms with E-state index in [1.807, 2.05) is 11.5 Å². The van der Waals surface area contributed by atoms with Gasteiger partial charge >= 0.3 is 6.18 Å². The van der Waals surface area contributed by atoms with E-state index >= 15 is 0 Å². The first-order chi connectivity index (χ1) is 11.8. The van der Waals surface area contributed by atoms with E-state index in [0.717, 1.165) is 36.3 Å². The zero-order chi connectivity index (χ0) is 18.4. The van der Waals surface area contributed by atoms with Crippen molar-refractivity contribution in [2.45, 2.75) is 49.6 Å². The molecule has 1 N–H and O–H groups in total. The molecular formula is C15H18F3N5OS. The summed E-state index contributed by atoms with van der Waals surface area (Å²) < 4.78 is 39.6. The second-order valence-corrected chi connectivity index (χ2v) is 6.20. The van der Waals surface area contributed by atoms with Crippen LogP contribution in [0, 0.1) is 0 Å². The molecule has 2 aromatic heterocycles. The minimum absolute atomic E-state index is 0.0819. The minimum Gasteiger partial charge on any atom is -0.356 e. The molecule has 0 unspecified atom stereocenters. The van der Waals surface area contributed by atoms with Crippen LogP contribution < -0.4 is 5.32 Å². The summed E-state index contributed by atoms with van der Waals surface area (Å²) in [5.74, 6) is 0.684. The van der Waals surface area contributed by atoms with Crippen molar-refractivity contribution in [1.29, 1.82) is 0 Å². The monoisotopic (exact) mass is 373 g/mol. The van der Waals surface area contributed by atoms with Gasteiger partial charge in [0.1, 0.15) is 10.9 Å². The van der Waals surface area contributed by atoms with Crippen molar-refractivity contribution in [2.75, 3.05) is 6.54 Å². The average molecular weight is 373 g/mol. The van der Waals surface area contributed by atoms with E-state index in [4.69, 9.17) is 0 Å². The summed E-state index contributed by atoms with van der Waals surface area (Å²) >= 11 is 1.16. The Morgan fingerprint density at radius 1 is 1.32 bits per heavy atom. The van der Waals surface area contributed by atoms with Gasteiger partial charge in [-0.25, -0.2) is 4.98 Å². The average Bonchev–Trinajstić information content (AvgIpc) is 2.92. The summed E-state index contributed by atoms with van der Waals surface area (Å²) in [6.45, 7) is 4.57. The van der Waals surface area contributed by atoms with Crippen LogP contribution in [-0.2, 0) is 23.9 Å². The number of hydrogen-bond donors (Lipinski definition) is 1. The molecule has 0 aromatic carbocycles. The maximum Gasteiger partial charge on any atom is 0.417 e. The maximum atomic E-state index is 12.6. The Hall–Kier alpha value is -2.10. The van der Waals surface area contributed by atoms with Crippen LogP contribution in [0.15, 0.2) is 28.5 Å². The fourth-order valence-corrected chi connectivity index (χ4v) is 2.96. The lowest BCUT2D eigenvalue weighted by molar-refractivity contribution is -0.137. The molecule has 2 aromatic rings. The molecular weight excluding hydrogens is 355 g/mol. The van der Waals surface area contributed by atoms with Crippen molar-refractivity contribution in [1.82, 2.24) is 25.1 Å². The quantitative estimate of drug-likeness (QED) is 0.756. The van der Waals surface area contributed by atoms with E-state index in [1.54, 1.807) is 0 Å².